The minimum absolute atomic E-state index is 0.224. The number of aryl methyl sites for hydroxylation is 1. The first-order valence-corrected chi connectivity index (χ1v) is 10.1. The van der Waals surface area contributed by atoms with Crippen LogP contribution in [0.25, 0.3) is 0 Å². The highest BCUT2D eigenvalue weighted by Gasteiger charge is 2.44. The summed E-state index contributed by atoms with van der Waals surface area (Å²) in [6, 6.07) is 7.64. The predicted octanol–water partition coefficient (Wildman–Crippen LogP) is 5.31. The topological polar surface area (TPSA) is 59.4 Å². The number of carbonyl (C=O) groups is 1. The largest absolute Gasteiger partial charge is 0.507 e. The number of pyridine rings is 1. The van der Waals surface area contributed by atoms with E-state index in [9.17, 15) is 9.90 Å². The second-order valence-electron chi connectivity index (χ2n) is 7.47. The van der Waals surface area contributed by atoms with Crippen LogP contribution in [0.4, 0.5) is 0 Å². The lowest BCUT2D eigenvalue weighted by Crippen LogP contribution is -2.36. The molecule has 4 nitrogen and oxygen atoms in total. The maximum absolute atomic E-state index is 12.4. The van der Waals surface area contributed by atoms with Crippen molar-refractivity contribution >= 4 is 5.97 Å². The molecule has 1 aliphatic heterocycles. The van der Waals surface area contributed by atoms with E-state index in [-0.39, 0.29) is 18.1 Å². The zero-order valence-corrected chi connectivity index (χ0v) is 16.3. The van der Waals surface area contributed by atoms with E-state index in [0.717, 1.165) is 29.5 Å². The average Bonchev–Trinajstić information content (AvgIpc) is 2.67. The fraction of sp³-hybridized carbons (Fsp3) is 0.478. The van der Waals surface area contributed by atoms with Gasteiger partial charge >= 0.3 is 5.97 Å². The van der Waals surface area contributed by atoms with Gasteiger partial charge < -0.3 is 9.84 Å². The summed E-state index contributed by atoms with van der Waals surface area (Å²) < 4.78 is 5.56. The van der Waals surface area contributed by atoms with Gasteiger partial charge in [0.15, 0.2) is 0 Å². The van der Waals surface area contributed by atoms with Gasteiger partial charge in [0, 0.05) is 23.4 Å². The van der Waals surface area contributed by atoms with Gasteiger partial charge in [-0.1, -0.05) is 39.5 Å². The molecule has 1 aromatic carbocycles. The SMILES string of the molecule is CCCCCCCc1cc(O)c2c(c1)OC(=O)CC2(CC)c1ccncc1. The van der Waals surface area contributed by atoms with E-state index in [1.807, 2.05) is 31.2 Å². The Kier molecular flexibility index (Phi) is 6.15. The van der Waals surface area contributed by atoms with Gasteiger partial charge in [0.25, 0.3) is 0 Å². The molecule has 1 aliphatic rings. The number of aromatic nitrogens is 1. The molecule has 4 heteroatoms. The number of phenols is 1. The van der Waals surface area contributed by atoms with E-state index in [0.29, 0.717) is 12.2 Å². The van der Waals surface area contributed by atoms with E-state index in [4.69, 9.17) is 4.74 Å². The number of unbranched alkanes of at least 4 members (excludes halogenated alkanes) is 4. The molecule has 0 radical (unpaired) electrons. The van der Waals surface area contributed by atoms with E-state index in [1.54, 1.807) is 12.4 Å². The zero-order chi connectivity index (χ0) is 19.3. The Labute approximate surface area is 161 Å². The van der Waals surface area contributed by atoms with Crippen LogP contribution < -0.4 is 4.74 Å². The number of ether oxygens (including phenoxy) is 1. The van der Waals surface area contributed by atoms with Gasteiger partial charge in [-0.15, -0.1) is 0 Å². The van der Waals surface area contributed by atoms with E-state index >= 15 is 0 Å². The van der Waals surface area contributed by atoms with Gasteiger partial charge in [-0.05, 0) is 54.7 Å². The molecular formula is C23H29NO3. The van der Waals surface area contributed by atoms with Crippen molar-refractivity contribution in [2.45, 2.75) is 70.6 Å². The highest BCUT2D eigenvalue weighted by Crippen LogP contribution is 2.50. The minimum Gasteiger partial charge on any atom is -0.507 e. The van der Waals surface area contributed by atoms with Crippen molar-refractivity contribution in [3.8, 4) is 11.5 Å². The van der Waals surface area contributed by atoms with E-state index in [2.05, 4.69) is 11.9 Å². The van der Waals surface area contributed by atoms with Gasteiger partial charge in [0.1, 0.15) is 11.5 Å². The lowest BCUT2D eigenvalue weighted by atomic mass is 9.68. The molecule has 0 saturated heterocycles. The van der Waals surface area contributed by atoms with Gasteiger partial charge in [0.2, 0.25) is 0 Å². The summed E-state index contributed by atoms with van der Waals surface area (Å²) in [5, 5.41) is 10.9. The third kappa shape index (κ3) is 4.00. The van der Waals surface area contributed by atoms with Gasteiger partial charge in [-0.3, -0.25) is 9.78 Å². The summed E-state index contributed by atoms with van der Waals surface area (Å²) in [5.74, 6) is 0.483. The first-order chi connectivity index (χ1) is 13.1. The smallest absolute Gasteiger partial charge is 0.312 e. The van der Waals surface area contributed by atoms with Crippen molar-refractivity contribution in [3.05, 3.63) is 53.3 Å². The Morgan fingerprint density at radius 2 is 1.85 bits per heavy atom. The van der Waals surface area contributed by atoms with Crippen molar-refractivity contribution in [1.82, 2.24) is 4.98 Å². The van der Waals surface area contributed by atoms with E-state index in [1.165, 1.54) is 25.7 Å². The molecule has 1 atom stereocenters. The van der Waals surface area contributed by atoms with Gasteiger partial charge in [0.05, 0.1) is 6.42 Å². The third-order valence-electron chi connectivity index (χ3n) is 5.70. The number of hydrogen-bond acceptors (Lipinski definition) is 4. The normalized spacial score (nSPS) is 18.8. The molecule has 0 bridgehead atoms. The second-order valence-corrected chi connectivity index (χ2v) is 7.47. The van der Waals surface area contributed by atoms with Crippen LogP contribution in [-0.4, -0.2) is 16.1 Å². The molecule has 1 N–H and O–H groups in total. The Hall–Kier alpha value is -2.36. The standard InChI is InChI=1S/C23H29NO3/c1-3-5-6-7-8-9-17-14-19(25)22-20(15-17)27-21(26)16-23(22,4-2)18-10-12-24-13-11-18/h10-15,25H,3-9,16H2,1-2H3. The van der Waals surface area contributed by atoms with Crippen LogP contribution in [0.3, 0.4) is 0 Å². The molecule has 0 fully saturated rings. The Bertz CT molecular complexity index is 788. The summed E-state index contributed by atoms with van der Waals surface area (Å²) in [6.07, 6.45) is 11.3. The fourth-order valence-corrected chi connectivity index (χ4v) is 4.21. The molecule has 0 amide bonds. The molecular weight excluding hydrogens is 338 g/mol. The number of fused-ring (bicyclic) bond motifs is 1. The van der Waals surface area contributed by atoms with Crippen LogP contribution in [0.1, 0.15) is 75.5 Å². The van der Waals surface area contributed by atoms with Crippen LogP contribution in [-0.2, 0) is 16.6 Å². The van der Waals surface area contributed by atoms with Crippen molar-refractivity contribution in [2.75, 3.05) is 0 Å². The molecule has 0 aliphatic carbocycles. The summed E-state index contributed by atoms with van der Waals surface area (Å²) >= 11 is 0. The number of hydrogen-bond donors (Lipinski definition) is 1. The maximum atomic E-state index is 12.4. The highest BCUT2D eigenvalue weighted by atomic mass is 16.5. The third-order valence-corrected chi connectivity index (χ3v) is 5.70. The average molecular weight is 367 g/mol. The van der Waals surface area contributed by atoms with Crippen LogP contribution in [0, 0.1) is 0 Å². The van der Waals surface area contributed by atoms with Crippen molar-refractivity contribution in [3.63, 3.8) is 0 Å². The molecule has 2 aromatic rings. The summed E-state index contributed by atoms with van der Waals surface area (Å²) in [4.78, 5) is 16.5. The monoisotopic (exact) mass is 367 g/mol. The minimum atomic E-state index is -0.572. The van der Waals surface area contributed by atoms with Crippen LogP contribution in [0.5, 0.6) is 11.5 Å². The summed E-state index contributed by atoms with van der Waals surface area (Å²) in [6.45, 7) is 4.25. The highest BCUT2D eigenvalue weighted by molar-refractivity contribution is 5.80. The number of nitrogens with zero attached hydrogens (tertiary/aromatic N) is 1. The zero-order valence-electron chi connectivity index (χ0n) is 16.3. The number of esters is 1. The van der Waals surface area contributed by atoms with Crippen LogP contribution in [0.15, 0.2) is 36.7 Å². The van der Waals surface area contributed by atoms with Crippen molar-refractivity contribution in [1.29, 1.82) is 0 Å². The lowest BCUT2D eigenvalue weighted by Gasteiger charge is -2.38. The molecule has 2 heterocycles. The number of phenolic OH excluding ortho intramolecular Hbond substituents is 1. The molecule has 0 spiro atoms. The Morgan fingerprint density at radius 3 is 2.56 bits per heavy atom. The molecule has 1 aromatic heterocycles. The van der Waals surface area contributed by atoms with Crippen LogP contribution in [0.2, 0.25) is 0 Å². The molecule has 1 unspecified atom stereocenters. The first-order valence-electron chi connectivity index (χ1n) is 10.1. The molecule has 3 rings (SSSR count). The number of rotatable bonds is 8. The maximum Gasteiger partial charge on any atom is 0.312 e. The van der Waals surface area contributed by atoms with Crippen molar-refractivity contribution < 1.29 is 14.6 Å². The number of benzene rings is 1. The summed E-state index contributed by atoms with van der Waals surface area (Å²) in [5.41, 5.74) is 2.17. The first kappa shape index (κ1) is 19.4. The Balaban J connectivity index is 1.94. The number of carbonyl (C=O) groups excluding carboxylic acids is 1. The van der Waals surface area contributed by atoms with Crippen molar-refractivity contribution in [2.24, 2.45) is 0 Å². The predicted molar refractivity (Wildman–Crippen MR) is 106 cm³/mol. The lowest BCUT2D eigenvalue weighted by molar-refractivity contribution is -0.137. The quantitative estimate of drug-likeness (QED) is 0.390. The van der Waals surface area contributed by atoms with Gasteiger partial charge in [-0.25, -0.2) is 0 Å². The molecule has 27 heavy (non-hydrogen) atoms. The van der Waals surface area contributed by atoms with Crippen LogP contribution >= 0.6 is 0 Å². The fourth-order valence-electron chi connectivity index (χ4n) is 4.21. The molecule has 0 saturated carbocycles. The van der Waals surface area contributed by atoms with E-state index < -0.39 is 5.41 Å². The van der Waals surface area contributed by atoms with Gasteiger partial charge in [-0.2, -0.15) is 0 Å². The molecule has 144 valence electrons. The Morgan fingerprint density at radius 1 is 1.11 bits per heavy atom. The second kappa shape index (κ2) is 8.55. The number of aromatic hydroxyl groups is 1. The summed E-state index contributed by atoms with van der Waals surface area (Å²) in [7, 11) is 0.